The number of nitrogens with zero attached hydrogens (tertiary/aromatic N) is 1. The number of anilines is 1. The number of nitrogens with one attached hydrogen (secondary N) is 1. The summed E-state index contributed by atoms with van der Waals surface area (Å²) >= 11 is 0. The Hall–Kier alpha value is -1.97. The van der Waals surface area contributed by atoms with Crippen molar-refractivity contribution in [1.82, 2.24) is 4.98 Å². The Morgan fingerprint density at radius 3 is 2.67 bits per heavy atom. The molecule has 0 saturated carbocycles. The van der Waals surface area contributed by atoms with E-state index in [0.717, 1.165) is 11.8 Å². The summed E-state index contributed by atoms with van der Waals surface area (Å²) in [5, 5.41) is 3.01. The molecule has 0 bridgehead atoms. The van der Waals surface area contributed by atoms with E-state index in [1.807, 2.05) is 13.8 Å². The van der Waals surface area contributed by atoms with Crippen LogP contribution in [0.5, 0.6) is 0 Å². The molecule has 1 unspecified atom stereocenters. The van der Waals surface area contributed by atoms with E-state index < -0.39 is 5.82 Å². The molecule has 1 heterocycles. The zero-order valence-corrected chi connectivity index (χ0v) is 10.2. The van der Waals surface area contributed by atoms with E-state index in [0.29, 0.717) is 11.3 Å². The maximum absolute atomic E-state index is 13.6. The molecule has 1 aromatic carbocycles. The van der Waals surface area contributed by atoms with Crippen LogP contribution in [0.25, 0.3) is 0 Å². The number of halogens is 2. The normalized spacial score (nSPS) is 12.2. The molecule has 18 heavy (non-hydrogen) atoms. The van der Waals surface area contributed by atoms with Gasteiger partial charge in [-0.15, -0.1) is 0 Å². The number of aryl methyl sites for hydroxylation is 1. The average molecular weight is 248 g/mol. The second kappa shape index (κ2) is 5.12. The average Bonchev–Trinajstić information content (AvgIpc) is 2.34. The molecule has 0 saturated heterocycles. The zero-order chi connectivity index (χ0) is 13.1. The maximum Gasteiger partial charge on any atom is 0.146 e. The van der Waals surface area contributed by atoms with Crippen molar-refractivity contribution in [2.24, 2.45) is 0 Å². The van der Waals surface area contributed by atoms with E-state index in [1.54, 1.807) is 18.3 Å². The van der Waals surface area contributed by atoms with E-state index in [1.165, 1.54) is 12.1 Å². The summed E-state index contributed by atoms with van der Waals surface area (Å²) in [4.78, 5) is 3.78. The molecule has 4 heteroatoms. The lowest BCUT2D eigenvalue weighted by molar-refractivity contribution is 0.614. The molecule has 0 amide bonds. The van der Waals surface area contributed by atoms with Crippen LogP contribution in [-0.2, 0) is 0 Å². The lowest BCUT2D eigenvalue weighted by Gasteiger charge is -2.16. The number of benzene rings is 1. The highest BCUT2D eigenvalue weighted by Gasteiger charge is 2.09. The van der Waals surface area contributed by atoms with Gasteiger partial charge in [-0.3, -0.25) is 4.98 Å². The van der Waals surface area contributed by atoms with Crippen LogP contribution < -0.4 is 5.32 Å². The molecular formula is C14H14F2N2. The highest BCUT2D eigenvalue weighted by molar-refractivity contribution is 5.48. The van der Waals surface area contributed by atoms with E-state index in [-0.39, 0.29) is 11.9 Å². The number of pyridine rings is 1. The fourth-order valence-electron chi connectivity index (χ4n) is 1.73. The van der Waals surface area contributed by atoms with Crippen molar-refractivity contribution in [3.05, 3.63) is 59.4 Å². The van der Waals surface area contributed by atoms with Crippen molar-refractivity contribution in [1.29, 1.82) is 0 Å². The lowest BCUT2D eigenvalue weighted by Crippen LogP contribution is -2.08. The molecule has 94 valence electrons. The fraction of sp³-hybridized carbons (Fsp3) is 0.214. The third kappa shape index (κ3) is 2.83. The highest BCUT2D eigenvalue weighted by atomic mass is 19.1. The van der Waals surface area contributed by atoms with Gasteiger partial charge in [0.05, 0.1) is 17.9 Å². The van der Waals surface area contributed by atoms with Crippen LogP contribution in [0.2, 0.25) is 0 Å². The van der Waals surface area contributed by atoms with Gasteiger partial charge < -0.3 is 5.32 Å². The van der Waals surface area contributed by atoms with E-state index in [4.69, 9.17) is 0 Å². The standard InChI is InChI=1S/C14H14F2N2/c1-9-3-4-13(16)14(5-9)18-10(2)11-6-12(15)8-17-7-11/h3-8,10,18H,1-2H3. The van der Waals surface area contributed by atoms with Crippen molar-refractivity contribution < 1.29 is 8.78 Å². The summed E-state index contributed by atoms with van der Waals surface area (Å²) in [6.45, 7) is 3.72. The minimum absolute atomic E-state index is 0.218. The minimum Gasteiger partial charge on any atom is -0.376 e. The SMILES string of the molecule is Cc1ccc(F)c(NC(C)c2cncc(F)c2)c1. The molecule has 0 aliphatic carbocycles. The van der Waals surface area contributed by atoms with Gasteiger partial charge in [-0.25, -0.2) is 8.78 Å². The number of rotatable bonds is 3. The fourth-order valence-corrected chi connectivity index (χ4v) is 1.73. The first kappa shape index (κ1) is 12.5. The molecular weight excluding hydrogens is 234 g/mol. The summed E-state index contributed by atoms with van der Waals surface area (Å²) in [5.41, 5.74) is 2.05. The van der Waals surface area contributed by atoms with E-state index in [9.17, 15) is 8.78 Å². The van der Waals surface area contributed by atoms with Gasteiger partial charge in [-0.1, -0.05) is 6.07 Å². The summed E-state index contributed by atoms with van der Waals surface area (Å²) < 4.78 is 26.6. The molecule has 2 aromatic rings. The molecule has 0 aliphatic heterocycles. The van der Waals surface area contributed by atoms with Gasteiger partial charge >= 0.3 is 0 Å². The van der Waals surface area contributed by atoms with Crippen molar-refractivity contribution in [3.8, 4) is 0 Å². The van der Waals surface area contributed by atoms with Crippen molar-refractivity contribution in [3.63, 3.8) is 0 Å². The molecule has 0 spiro atoms. The Morgan fingerprint density at radius 1 is 1.17 bits per heavy atom. The van der Waals surface area contributed by atoms with Crippen molar-refractivity contribution in [2.75, 3.05) is 5.32 Å². The van der Waals surface area contributed by atoms with Gasteiger partial charge in [-0.2, -0.15) is 0 Å². The summed E-state index contributed by atoms with van der Waals surface area (Å²) in [6, 6.07) is 6.00. The van der Waals surface area contributed by atoms with Crippen LogP contribution >= 0.6 is 0 Å². The third-order valence-electron chi connectivity index (χ3n) is 2.72. The first-order valence-electron chi connectivity index (χ1n) is 5.69. The third-order valence-corrected chi connectivity index (χ3v) is 2.72. The largest absolute Gasteiger partial charge is 0.376 e. The van der Waals surface area contributed by atoms with Crippen LogP contribution in [0.3, 0.4) is 0 Å². The van der Waals surface area contributed by atoms with Crippen LogP contribution in [-0.4, -0.2) is 4.98 Å². The second-order valence-corrected chi connectivity index (χ2v) is 4.29. The molecule has 0 fully saturated rings. The predicted molar refractivity (Wildman–Crippen MR) is 67.4 cm³/mol. The summed E-state index contributed by atoms with van der Waals surface area (Å²) in [7, 11) is 0. The number of aromatic nitrogens is 1. The molecule has 2 nitrogen and oxygen atoms in total. The van der Waals surface area contributed by atoms with Gasteiger partial charge in [-0.05, 0) is 43.2 Å². The van der Waals surface area contributed by atoms with E-state index >= 15 is 0 Å². The Labute approximate surface area is 105 Å². The summed E-state index contributed by atoms with van der Waals surface area (Å²) in [6.07, 6.45) is 2.71. The zero-order valence-electron chi connectivity index (χ0n) is 10.2. The Balaban J connectivity index is 2.21. The quantitative estimate of drug-likeness (QED) is 0.892. The van der Waals surface area contributed by atoms with Gasteiger partial charge in [0, 0.05) is 6.20 Å². The maximum atomic E-state index is 13.6. The molecule has 0 aliphatic rings. The first-order chi connectivity index (χ1) is 8.56. The first-order valence-corrected chi connectivity index (χ1v) is 5.69. The van der Waals surface area contributed by atoms with Gasteiger partial charge in [0.2, 0.25) is 0 Å². The molecule has 1 N–H and O–H groups in total. The van der Waals surface area contributed by atoms with Gasteiger partial charge in [0.15, 0.2) is 0 Å². The van der Waals surface area contributed by atoms with Crippen LogP contribution in [0.4, 0.5) is 14.5 Å². The molecule has 0 radical (unpaired) electrons. The Kier molecular flexibility index (Phi) is 3.55. The smallest absolute Gasteiger partial charge is 0.146 e. The van der Waals surface area contributed by atoms with E-state index in [2.05, 4.69) is 10.3 Å². The van der Waals surface area contributed by atoms with Crippen LogP contribution in [0.15, 0.2) is 36.7 Å². The Morgan fingerprint density at radius 2 is 1.94 bits per heavy atom. The van der Waals surface area contributed by atoms with Gasteiger partial charge in [0.25, 0.3) is 0 Å². The van der Waals surface area contributed by atoms with Crippen molar-refractivity contribution >= 4 is 5.69 Å². The second-order valence-electron chi connectivity index (χ2n) is 4.29. The molecule has 1 aromatic heterocycles. The molecule has 1 atom stereocenters. The van der Waals surface area contributed by atoms with Crippen LogP contribution in [0.1, 0.15) is 24.1 Å². The highest BCUT2D eigenvalue weighted by Crippen LogP contribution is 2.22. The molecule has 2 rings (SSSR count). The van der Waals surface area contributed by atoms with Crippen LogP contribution in [0, 0.1) is 18.6 Å². The van der Waals surface area contributed by atoms with Gasteiger partial charge in [0.1, 0.15) is 11.6 Å². The minimum atomic E-state index is -0.397. The Bertz CT molecular complexity index is 555. The lowest BCUT2D eigenvalue weighted by atomic mass is 10.1. The summed E-state index contributed by atoms with van der Waals surface area (Å²) in [5.74, 6) is -0.720. The topological polar surface area (TPSA) is 24.9 Å². The monoisotopic (exact) mass is 248 g/mol. The van der Waals surface area contributed by atoms with Crippen molar-refractivity contribution in [2.45, 2.75) is 19.9 Å². The number of hydrogen-bond acceptors (Lipinski definition) is 2. The number of hydrogen-bond donors (Lipinski definition) is 1. The predicted octanol–water partition coefficient (Wildman–Crippen LogP) is 3.84.